The van der Waals surface area contributed by atoms with Crippen LogP contribution in [-0.4, -0.2) is 25.6 Å². The van der Waals surface area contributed by atoms with Gasteiger partial charge in [-0.3, -0.25) is 4.79 Å². The molecule has 0 atom stereocenters. The highest BCUT2D eigenvalue weighted by Gasteiger charge is 2.09. The Labute approximate surface area is 124 Å². The van der Waals surface area contributed by atoms with Gasteiger partial charge in [0.05, 0.1) is 5.75 Å². The van der Waals surface area contributed by atoms with Crippen molar-refractivity contribution in [3.63, 3.8) is 0 Å². The monoisotopic (exact) mass is 304 g/mol. The molecular formula is C15H16N2O3S. The van der Waals surface area contributed by atoms with Gasteiger partial charge in [-0.1, -0.05) is 18.2 Å². The van der Waals surface area contributed by atoms with E-state index in [4.69, 9.17) is 0 Å². The zero-order valence-electron chi connectivity index (χ0n) is 11.8. The van der Waals surface area contributed by atoms with Gasteiger partial charge < -0.3 is 5.32 Å². The molecule has 0 aliphatic heterocycles. The van der Waals surface area contributed by atoms with Crippen molar-refractivity contribution < 1.29 is 13.2 Å². The first kappa shape index (κ1) is 15.2. The number of aromatic nitrogens is 1. The number of pyridine rings is 1. The largest absolute Gasteiger partial charge is 0.306 e. The molecule has 0 aliphatic carbocycles. The van der Waals surface area contributed by atoms with Gasteiger partial charge in [-0.25, -0.2) is 13.4 Å². The van der Waals surface area contributed by atoms with Crippen LogP contribution in [0.15, 0.2) is 42.6 Å². The number of nitrogens with zero attached hydrogens (tertiary/aromatic N) is 1. The third-order valence-electron chi connectivity index (χ3n) is 2.89. The zero-order chi connectivity index (χ0) is 15.5. The summed E-state index contributed by atoms with van der Waals surface area (Å²) >= 11 is 0. The summed E-state index contributed by atoms with van der Waals surface area (Å²) in [5.74, 6) is 0.208. The first-order valence-electron chi connectivity index (χ1n) is 6.35. The van der Waals surface area contributed by atoms with Gasteiger partial charge in [-0.15, -0.1) is 0 Å². The van der Waals surface area contributed by atoms with Crippen LogP contribution in [0.4, 0.5) is 5.82 Å². The Morgan fingerprint density at radius 1 is 1.19 bits per heavy atom. The number of carbonyl (C=O) groups excluding carboxylic acids is 1. The van der Waals surface area contributed by atoms with Crippen LogP contribution < -0.4 is 5.32 Å². The lowest BCUT2D eigenvalue weighted by Crippen LogP contribution is -2.14. The molecule has 0 unspecified atom stereocenters. The van der Waals surface area contributed by atoms with E-state index in [9.17, 15) is 13.2 Å². The summed E-state index contributed by atoms with van der Waals surface area (Å²) in [6.45, 7) is 1.86. The predicted molar refractivity (Wildman–Crippen MR) is 81.9 cm³/mol. The lowest BCUT2D eigenvalue weighted by molar-refractivity contribution is 0.102. The van der Waals surface area contributed by atoms with Crippen LogP contribution in [0.2, 0.25) is 0 Å². The Balaban J connectivity index is 2.12. The smallest absolute Gasteiger partial charge is 0.256 e. The fourth-order valence-corrected chi connectivity index (χ4v) is 2.65. The molecule has 1 N–H and O–H groups in total. The average molecular weight is 304 g/mol. The van der Waals surface area contributed by atoms with E-state index in [0.29, 0.717) is 16.9 Å². The normalized spacial score (nSPS) is 11.1. The molecule has 1 aromatic carbocycles. The molecule has 2 aromatic rings. The number of hydrogen-bond donors (Lipinski definition) is 1. The Hall–Kier alpha value is -2.21. The minimum atomic E-state index is -3.07. The number of rotatable bonds is 4. The van der Waals surface area contributed by atoms with Gasteiger partial charge in [-0.2, -0.15) is 0 Å². The maximum Gasteiger partial charge on any atom is 0.256 e. The zero-order valence-corrected chi connectivity index (χ0v) is 12.6. The van der Waals surface area contributed by atoms with E-state index in [1.165, 1.54) is 6.26 Å². The summed E-state index contributed by atoms with van der Waals surface area (Å²) in [6, 6.07) is 10.1. The standard InChI is InChI=1S/C15H16N2O3S/c1-11-4-3-9-16-14(11)17-15(18)13-7-5-12(6-8-13)10-21(2,19)20/h3-9H,10H2,1-2H3,(H,16,17,18). The number of sulfone groups is 1. The maximum atomic E-state index is 12.1. The lowest BCUT2D eigenvalue weighted by Gasteiger charge is -2.07. The van der Waals surface area contributed by atoms with Crippen molar-refractivity contribution in [3.8, 4) is 0 Å². The van der Waals surface area contributed by atoms with Crippen molar-refractivity contribution in [2.45, 2.75) is 12.7 Å². The maximum absolute atomic E-state index is 12.1. The third kappa shape index (κ3) is 4.39. The molecule has 1 heterocycles. The number of anilines is 1. The van der Waals surface area contributed by atoms with Crippen LogP contribution in [0.1, 0.15) is 21.5 Å². The summed E-state index contributed by atoms with van der Waals surface area (Å²) in [7, 11) is -3.07. The summed E-state index contributed by atoms with van der Waals surface area (Å²) in [5.41, 5.74) is 1.99. The number of nitrogens with one attached hydrogen (secondary N) is 1. The summed E-state index contributed by atoms with van der Waals surface area (Å²) < 4.78 is 22.4. The molecule has 0 fully saturated rings. The number of amides is 1. The van der Waals surface area contributed by atoms with Gasteiger partial charge in [0.2, 0.25) is 0 Å². The van der Waals surface area contributed by atoms with Crippen molar-refractivity contribution >= 4 is 21.6 Å². The highest BCUT2D eigenvalue weighted by atomic mass is 32.2. The first-order valence-corrected chi connectivity index (χ1v) is 8.41. The van der Waals surface area contributed by atoms with E-state index in [1.54, 1.807) is 36.5 Å². The van der Waals surface area contributed by atoms with Crippen molar-refractivity contribution in [3.05, 3.63) is 59.3 Å². The second-order valence-electron chi connectivity index (χ2n) is 4.89. The molecule has 5 nitrogen and oxygen atoms in total. The molecule has 0 spiro atoms. The van der Waals surface area contributed by atoms with Gasteiger partial charge in [0, 0.05) is 18.0 Å². The van der Waals surface area contributed by atoms with E-state index in [2.05, 4.69) is 10.3 Å². The Kier molecular flexibility index (Phi) is 4.37. The number of aryl methyl sites for hydroxylation is 1. The second-order valence-corrected chi connectivity index (χ2v) is 7.03. The minimum Gasteiger partial charge on any atom is -0.306 e. The van der Waals surface area contributed by atoms with Crippen molar-refractivity contribution in [2.24, 2.45) is 0 Å². The molecule has 6 heteroatoms. The molecule has 1 amide bonds. The van der Waals surface area contributed by atoms with Crippen LogP contribution in [-0.2, 0) is 15.6 Å². The molecule has 21 heavy (non-hydrogen) atoms. The van der Waals surface area contributed by atoms with E-state index < -0.39 is 9.84 Å². The number of hydrogen-bond acceptors (Lipinski definition) is 4. The van der Waals surface area contributed by atoms with E-state index in [1.807, 2.05) is 13.0 Å². The molecule has 0 bridgehead atoms. The Morgan fingerprint density at radius 3 is 2.43 bits per heavy atom. The highest BCUT2D eigenvalue weighted by molar-refractivity contribution is 7.89. The fraction of sp³-hybridized carbons (Fsp3) is 0.200. The molecule has 0 radical (unpaired) electrons. The molecule has 0 aliphatic rings. The molecule has 2 rings (SSSR count). The van der Waals surface area contributed by atoms with Crippen molar-refractivity contribution in [1.29, 1.82) is 0 Å². The number of carbonyl (C=O) groups is 1. The summed E-state index contributed by atoms with van der Waals surface area (Å²) in [5, 5.41) is 2.73. The second kappa shape index (κ2) is 6.05. The lowest BCUT2D eigenvalue weighted by atomic mass is 10.1. The first-order chi connectivity index (χ1) is 9.85. The van der Waals surface area contributed by atoms with Crippen LogP contribution in [0, 0.1) is 6.92 Å². The highest BCUT2D eigenvalue weighted by Crippen LogP contribution is 2.13. The summed E-state index contributed by atoms with van der Waals surface area (Å²) in [4.78, 5) is 16.2. The third-order valence-corrected chi connectivity index (χ3v) is 3.74. The molecule has 0 saturated carbocycles. The SMILES string of the molecule is Cc1cccnc1NC(=O)c1ccc(CS(C)(=O)=O)cc1. The summed E-state index contributed by atoms with van der Waals surface area (Å²) in [6.07, 6.45) is 2.79. The topological polar surface area (TPSA) is 76.1 Å². The molecule has 110 valence electrons. The predicted octanol–water partition coefficient (Wildman–Crippen LogP) is 2.19. The van der Waals surface area contributed by atoms with Crippen LogP contribution in [0.5, 0.6) is 0 Å². The van der Waals surface area contributed by atoms with Gasteiger partial charge in [0.25, 0.3) is 5.91 Å². The van der Waals surface area contributed by atoms with Crippen molar-refractivity contribution in [1.82, 2.24) is 4.98 Å². The van der Waals surface area contributed by atoms with Gasteiger partial charge in [0.15, 0.2) is 9.84 Å². The minimum absolute atomic E-state index is 0.0335. The van der Waals surface area contributed by atoms with Gasteiger partial charge in [0.1, 0.15) is 5.82 Å². The molecule has 0 saturated heterocycles. The Bertz CT molecular complexity index is 753. The Morgan fingerprint density at radius 2 is 1.86 bits per heavy atom. The quantitative estimate of drug-likeness (QED) is 0.939. The van der Waals surface area contributed by atoms with Gasteiger partial charge in [-0.05, 0) is 36.2 Å². The van der Waals surface area contributed by atoms with Gasteiger partial charge >= 0.3 is 0 Å². The van der Waals surface area contributed by atoms with Crippen LogP contribution in [0.25, 0.3) is 0 Å². The van der Waals surface area contributed by atoms with Crippen molar-refractivity contribution in [2.75, 3.05) is 11.6 Å². The number of benzene rings is 1. The average Bonchev–Trinajstić information content (AvgIpc) is 2.40. The molecule has 1 aromatic heterocycles. The van der Waals surface area contributed by atoms with E-state index in [-0.39, 0.29) is 11.7 Å². The van der Waals surface area contributed by atoms with Crippen LogP contribution >= 0.6 is 0 Å². The van der Waals surface area contributed by atoms with Crippen LogP contribution in [0.3, 0.4) is 0 Å². The fourth-order valence-electron chi connectivity index (χ4n) is 1.85. The van der Waals surface area contributed by atoms with E-state index in [0.717, 1.165) is 5.56 Å². The van der Waals surface area contributed by atoms with E-state index >= 15 is 0 Å². The molecular weight excluding hydrogens is 288 g/mol.